The first-order valence-electron chi connectivity index (χ1n) is 7.71. The zero-order chi connectivity index (χ0) is 17.8. The van der Waals surface area contributed by atoms with Crippen LogP contribution in [0.2, 0.25) is 5.02 Å². The number of halogens is 1. The molecule has 128 valence electrons. The second-order valence-electron chi connectivity index (χ2n) is 5.51. The van der Waals surface area contributed by atoms with Gasteiger partial charge in [0.15, 0.2) is 5.78 Å². The Morgan fingerprint density at radius 3 is 2.72 bits per heavy atom. The summed E-state index contributed by atoms with van der Waals surface area (Å²) >= 11 is 5.83. The lowest BCUT2D eigenvalue weighted by Gasteiger charge is -2.03. The number of benzene rings is 1. The number of rotatable bonds is 6. The van der Waals surface area contributed by atoms with Crippen molar-refractivity contribution in [2.75, 3.05) is 0 Å². The summed E-state index contributed by atoms with van der Waals surface area (Å²) in [6, 6.07) is 10.7. The van der Waals surface area contributed by atoms with E-state index in [1.807, 2.05) is 13.0 Å². The summed E-state index contributed by atoms with van der Waals surface area (Å²) < 4.78 is 12.9. The fraction of sp³-hybridized carbons (Fsp3) is 0.158. The fourth-order valence-electron chi connectivity index (χ4n) is 2.24. The van der Waals surface area contributed by atoms with E-state index in [4.69, 9.17) is 20.8 Å². The molecular weight excluding hydrogens is 340 g/mol. The van der Waals surface area contributed by atoms with Crippen LogP contribution >= 0.6 is 11.6 Å². The highest BCUT2D eigenvalue weighted by atomic mass is 35.5. The van der Waals surface area contributed by atoms with Crippen LogP contribution in [-0.2, 0) is 13.7 Å². The third-order valence-corrected chi connectivity index (χ3v) is 4.03. The number of furan rings is 1. The highest BCUT2D eigenvalue weighted by molar-refractivity contribution is 6.30. The minimum atomic E-state index is -0.110. The van der Waals surface area contributed by atoms with Crippen LogP contribution in [0.25, 0.3) is 6.08 Å². The maximum absolute atomic E-state index is 12.2. The lowest BCUT2D eigenvalue weighted by molar-refractivity contribution is 0.104. The van der Waals surface area contributed by atoms with E-state index < -0.39 is 0 Å². The molecule has 0 atom stereocenters. The molecule has 6 heteroatoms. The molecule has 0 N–H and O–H groups in total. The summed E-state index contributed by atoms with van der Waals surface area (Å²) in [6.45, 7) is 2.15. The molecule has 0 aliphatic carbocycles. The molecule has 0 spiro atoms. The van der Waals surface area contributed by atoms with Crippen LogP contribution in [0.1, 0.15) is 27.6 Å². The summed E-state index contributed by atoms with van der Waals surface area (Å²) in [4.78, 5) is 12.2. The van der Waals surface area contributed by atoms with Gasteiger partial charge in [0.1, 0.15) is 23.9 Å². The Balaban J connectivity index is 1.60. The second-order valence-corrected chi connectivity index (χ2v) is 5.95. The molecule has 0 aliphatic heterocycles. The van der Waals surface area contributed by atoms with Crippen molar-refractivity contribution in [1.29, 1.82) is 0 Å². The van der Waals surface area contributed by atoms with Crippen LogP contribution in [0.15, 0.2) is 53.1 Å². The summed E-state index contributed by atoms with van der Waals surface area (Å²) in [5.41, 5.74) is 1.41. The normalized spacial score (nSPS) is 11.2. The molecule has 2 aromatic heterocycles. The first kappa shape index (κ1) is 17.0. The topological polar surface area (TPSA) is 57.3 Å². The van der Waals surface area contributed by atoms with Gasteiger partial charge in [-0.15, -0.1) is 0 Å². The Kier molecular flexibility index (Phi) is 5.05. The van der Waals surface area contributed by atoms with Crippen LogP contribution in [0.4, 0.5) is 0 Å². The van der Waals surface area contributed by atoms with Gasteiger partial charge < -0.3 is 9.15 Å². The van der Waals surface area contributed by atoms with Crippen LogP contribution in [0.5, 0.6) is 5.75 Å². The minimum Gasteiger partial charge on any atom is -0.486 e. The number of ether oxygens (including phenoxy) is 1. The van der Waals surface area contributed by atoms with Gasteiger partial charge in [-0.1, -0.05) is 11.6 Å². The number of hydrogen-bond donors (Lipinski definition) is 0. The molecule has 5 nitrogen and oxygen atoms in total. The minimum absolute atomic E-state index is 0.110. The first-order chi connectivity index (χ1) is 12.0. The molecule has 0 unspecified atom stereocenters. The van der Waals surface area contributed by atoms with Crippen LogP contribution in [0.3, 0.4) is 0 Å². The third kappa shape index (κ3) is 4.19. The van der Waals surface area contributed by atoms with Crippen molar-refractivity contribution in [2.45, 2.75) is 13.5 Å². The Labute approximate surface area is 150 Å². The lowest BCUT2D eigenvalue weighted by atomic mass is 10.1. The zero-order valence-electron chi connectivity index (χ0n) is 13.9. The van der Waals surface area contributed by atoms with Crippen molar-refractivity contribution < 1.29 is 13.9 Å². The van der Waals surface area contributed by atoms with E-state index >= 15 is 0 Å². The van der Waals surface area contributed by atoms with E-state index in [2.05, 4.69) is 5.10 Å². The standard InChI is InChI=1S/C19H17ClN2O3/c1-13-18(11-21-22(13)2)19(23)10-9-16-7-8-17(25-16)12-24-15-5-3-14(20)4-6-15/h3-11H,12H2,1-2H3/b10-9+. The van der Waals surface area contributed by atoms with Gasteiger partial charge in [-0.2, -0.15) is 5.10 Å². The fourth-order valence-corrected chi connectivity index (χ4v) is 2.36. The van der Waals surface area contributed by atoms with E-state index in [9.17, 15) is 4.79 Å². The molecular formula is C19H17ClN2O3. The number of hydrogen-bond acceptors (Lipinski definition) is 4. The molecule has 0 aliphatic rings. The molecule has 3 rings (SSSR count). The largest absolute Gasteiger partial charge is 0.486 e. The predicted octanol–water partition coefficient (Wildman–Crippen LogP) is 4.45. The molecule has 0 amide bonds. The number of aryl methyl sites for hydroxylation is 1. The maximum Gasteiger partial charge on any atom is 0.189 e. The van der Waals surface area contributed by atoms with Crippen molar-refractivity contribution in [3.05, 3.63) is 76.5 Å². The average molecular weight is 357 g/mol. The first-order valence-corrected chi connectivity index (χ1v) is 8.09. The summed E-state index contributed by atoms with van der Waals surface area (Å²) in [6.07, 6.45) is 4.68. The van der Waals surface area contributed by atoms with E-state index in [0.29, 0.717) is 34.5 Å². The third-order valence-electron chi connectivity index (χ3n) is 3.78. The smallest absolute Gasteiger partial charge is 0.189 e. The van der Waals surface area contributed by atoms with Gasteiger partial charge in [0.05, 0.1) is 11.8 Å². The van der Waals surface area contributed by atoms with Crippen molar-refractivity contribution in [3.63, 3.8) is 0 Å². The van der Waals surface area contributed by atoms with Crippen LogP contribution in [-0.4, -0.2) is 15.6 Å². The maximum atomic E-state index is 12.2. The highest BCUT2D eigenvalue weighted by Crippen LogP contribution is 2.18. The van der Waals surface area contributed by atoms with Crippen molar-refractivity contribution in [2.24, 2.45) is 7.05 Å². The van der Waals surface area contributed by atoms with Gasteiger partial charge in [-0.25, -0.2) is 0 Å². The van der Waals surface area contributed by atoms with Gasteiger partial charge in [0, 0.05) is 17.8 Å². The Bertz CT molecular complexity index is 907. The van der Waals surface area contributed by atoms with Gasteiger partial charge in [0.25, 0.3) is 0 Å². The monoisotopic (exact) mass is 356 g/mol. The molecule has 0 radical (unpaired) electrons. The molecule has 1 aromatic carbocycles. The number of nitrogens with zero attached hydrogens (tertiary/aromatic N) is 2. The molecule has 25 heavy (non-hydrogen) atoms. The molecule has 0 fully saturated rings. The molecule has 0 saturated carbocycles. The lowest BCUT2D eigenvalue weighted by Crippen LogP contribution is -1.98. The number of carbonyl (C=O) groups is 1. The summed E-state index contributed by atoms with van der Waals surface area (Å²) in [5.74, 6) is 1.85. The predicted molar refractivity (Wildman–Crippen MR) is 95.8 cm³/mol. The van der Waals surface area contributed by atoms with Gasteiger partial charge in [-0.05, 0) is 55.5 Å². The van der Waals surface area contributed by atoms with E-state index in [1.54, 1.807) is 54.3 Å². The molecule has 0 saturated heterocycles. The van der Waals surface area contributed by atoms with Crippen LogP contribution in [0, 0.1) is 6.92 Å². The summed E-state index contributed by atoms with van der Waals surface area (Å²) in [5, 5.41) is 4.73. The Morgan fingerprint density at radius 1 is 1.28 bits per heavy atom. The highest BCUT2D eigenvalue weighted by Gasteiger charge is 2.10. The average Bonchev–Trinajstić information content (AvgIpc) is 3.20. The van der Waals surface area contributed by atoms with E-state index in [-0.39, 0.29) is 5.78 Å². The van der Waals surface area contributed by atoms with E-state index in [0.717, 1.165) is 5.69 Å². The number of ketones is 1. The Morgan fingerprint density at radius 2 is 2.04 bits per heavy atom. The molecule has 3 aromatic rings. The van der Waals surface area contributed by atoms with E-state index in [1.165, 1.54) is 6.08 Å². The van der Waals surface area contributed by atoms with Crippen molar-refractivity contribution in [3.8, 4) is 5.75 Å². The SMILES string of the molecule is Cc1c(C(=O)/C=C/c2ccc(COc3ccc(Cl)cc3)o2)cnn1C. The summed E-state index contributed by atoms with van der Waals surface area (Å²) in [7, 11) is 1.80. The second kappa shape index (κ2) is 7.40. The Hall–Kier alpha value is -2.79. The van der Waals surface area contributed by atoms with Gasteiger partial charge >= 0.3 is 0 Å². The zero-order valence-corrected chi connectivity index (χ0v) is 14.7. The number of carbonyl (C=O) groups excluding carboxylic acids is 1. The molecule has 0 bridgehead atoms. The number of aromatic nitrogens is 2. The van der Waals surface area contributed by atoms with Crippen molar-refractivity contribution in [1.82, 2.24) is 9.78 Å². The van der Waals surface area contributed by atoms with Gasteiger partial charge in [-0.3, -0.25) is 9.48 Å². The molecule has 2 heterocycles. The quantitative estimate of drug-likeness (QED) is 0.483. The van der Waals surface area contributed by atoms with Gasteiger partial charge in [0.2, 0.25) is 0 Å². The number of allylic oxidation sites excluding steroid dienone is 1. The van der Waals surface area contributed by atoms with Crippen molar-refractivity contribution >= 4 is 23.5 Å². The van der Waals surface area contributed by atoms with Crippen LogP contribution < -0.4 is 4.74 Å².